The molecular weight excluding hydrogens is 514 g/mol. The second kappa shape index (κ2) is 12.9. The van der Waals surface area contributed by atoms with E-state index in [1.54, 1.807) is 6.92 Å². The van der Waals surface area contributed by atoms with Gasteiger partial charge < -0.3 is 19.7 Å². The number of nitrogens with one attached hydrogen (secondary N) is 1. The lowest BCUT2D eigenvalue weighted by atomic mass is 9.97. The molecule has 0 aliphatic carbocycles. The standard InChI is InChI=1S/C20H28F3N3O3.HI/c1-3-24-19(26-11-8-15(9-12-26)18(27)28-4-2)25-10-13-29-17-7-5-6-16(14-17)20(21,22)23;/h5-7,14-15H,3-4,8-13H2,1-2H3,(H,24,25);1H. The smallest absolute Gasteiger partial charge is 0.416 e. The minimum Gasteiger partial charge on any atom is -0.492 e. The van der Waals surface area contributed by atoms with Crippen molar-refractivity contribution in [2.75, 3.05) is 39.4 Å². The molecular formula is C20H29F3IN3O3. The molecule has 0 amide bonds. The number of carbonyl (C=O) groups excluding carboxylic acids is 1. The molecule has 170 valence electrons. The summed E-state index contributed by atoms with van der Waals surface area (Å²) in [6, 6.07) is 4.80. The molecule has 6 nitrogen and oxygen atoms in total. The Morgan fingerprint density at radius 2 is 1.97 bits per heavy atom. The van der Waals surface area contributed by atoms with Gasteiger partial charge in [-0.1, -0.05) is 6.07 Å². The number of ether oxygens (including phenoxy) is 2. The number of nitrogens with zero attached hydrogens (tertiary/aromatic N) is 2. The van der Waals surface area contributed by atoms with Crippen molar-refractivity contribution in [3.63, 3.8) is 0 Å². The third-order valence-electron chi connectivity index (χ3n) is 4.53. The van der Waals surface area contributed by atoms with Gasteiger partial charge in [0.05, 0.1) is 24.6 Å². The van der Waals surface area contributed by atoms with Crippen LogP contribution in [0.4, 0.5) is 13.2 Å². The normalized spacial score (nSPS) is 15.4. The molecule has 30 heavy (non-hydrogen) atoms. The molecule has 2 rings (SSSR count). The fourth-order valence-corrected chi connectivity index (χ4v) is 3.09. The third-order valence-corrected chi connectivity index (χ3v) is 4.53. The summed E-state index contributed by atoms with van der Waals surface area (Å²) in [6.07, 6.45) is -3.00. The maximum absolute atomic E-state index is 12.8. The van der Waals surface area contributed by atoms with Crippen molar-refractivity contribution in [1.29, 1.82) is 0 Å². The lowest BCUT2D eigenvalue weighted by Crippen LogP contribution is -2.46. The van der Waals surface area contributed by atoms with E-state index >= 15 is 0 Å². The Morgan fingerprint density at radius 1 is 1.27 bits per heavy atom. The van der Waals surface area contributed by atoms with E-state index in [-0.39, 0.29) is 48.2 Å². The van der Waals surface area contributed by atoms with Crippen molar-refractivity contribution in [3.8, 4) is 5.75 Å². The summed E-state index contributed by atoms with van der Waals surface area (Å²) in [5.74, 6) is 0.639. The monoisotopic (exact) mass is 543 g/mol. The molecule has 0 unspecified atom stereocenters. The van der Waals surface area contributed by atoms with Crippen molar-refractivity contribution in [2.24, 2.45) is 10.9 Å². The Kier molecular flexibility index (Phi) is 11.3. The summed E-state index contributed by atoms with van der Waals surface area (Å²) in [6.45, 7) is 6.66. The molecule has 0 saturated carbocycles. The molecule has 0 aromatic heterocycles. The van der Waals surface area contributed by atoms with Crippen LogP contribution in [0.1, 0.15) is 32.3 Å². The largest absolute Gasteiger partial charge is 0.492 e. The average Bonchev–Trinajstić information content (AvgIpc) is 2.70. The molecule has 0 bridgehead atoms. The van der Waals surface area contributed by atoms with Gasteiger partial charge in [0.2, 0.25) is 0 Å². The fraction of sp³-hybridized carbons (Fsp3) is 0.600. The summed E-state index contributed by atoms with van der Waals surface area (Å²) >= 11 is 0. The van der Waals surface area contributed by atoms with Gasteiger partial charge in [0.1, 0.15) is 12.4 Å². The number of halogens is 4. The second-order valence-corrected chi connectivity index (χ2v) is 6.62. The molecule has 10 heteroatoms. The zero-order valence-electron chi connectivity index (χ0n) is 17.2. The van der Waals surface area contributed by atoms with Gasteiger partial charge in [-0.3, -0.25) is 4.79 Å². The van der Waals surface area contributed by atoms with Gasteiger partial charge in [-0.25, -0.2) is 4.99 Å². The number of carbonyl (C=O) groups is 1. The lowest BCUT2D eigenvalue weighted by Gasteiger charge is -2.33. The molecule has 1 aromatic carbocycles. The molecule has 1 fully saturated rings. The van der Waals surface area contributed by atoms with Crippen molar-refractivity contribution in [2.45, 2.75) is 32.9 Å². The van der Waals surface area contributed by atoms with Crippen LogP contribution in [0.25, 0.3) is 0 Å². The van der Waals surface area contributed by atoms with Crippen LogP contribution < -0.4 is 10.1 Å². The number of esters is 1. The van der Waals surface area contributed by atoms with Crippen LogP contribution in [0.5, 0.6) is 5.75 Å². The minimum atomic E-state index is -4.40. The fourth-order valence-electron chi connectivity index (χ4n) is 3.09. The summed E-state index contributed by atoms with van der Waals surface area (Å²) < 4.78 is 48.8. The quantitative estimate of drug-likeness (QED) is 0.186. The Hall–Kier alpha value is -1.72. The predicted molar refractivity (Wildman–Crippen MR) is 119 cm³/mol. The van der Waals surface area contributed by atoms with Gasteiger partial charge in [-0.2, -0.15) is 13.2 Å². The van der Waals surface area contributed by atoms with Gasteiger partial charge in [0.15, 0.2) is 5.96 Å². The van der Waals surface area contributed by atoms with Gasteiger partial charge >= 0.3 is 12.1 Å². The topological polar surface area (TPSA) is 63.2 Å². The van der Waals surface area contributed by atoms with Crippen LogP contribution >= 0.6 is 24.0 Å². The molecule has 1 aliphatic rings. The highest BCUT2D eigenvalue weighted by molar-refractivity contribution is 14.0. The Morgan fingerprint density at radius 3 is 2.57 bits per heavy atom. The zero-order valence-corrected chi connectivity index (χ0v) is 19.5. The van der Waals surface area contributed by atoms with Crippen molar-refractivity contribution < 1.29 is 27.4 Å². The summed E-state index contributed by atoms with van der Waals surface area (Å²) in [4.78, 5) is 18.4. The molecule has 1 saturated heterocycles. The molecule has 1 aromatic rings. The first-order valence-electron chi connectivity index (χ1n) is 9.85. The highest BCUT2D eigenvalue weighted by atomic mass is 127. The Bertz CT molecular complexity index is 693. The highest BCUT2D eigenvalue weighted by Gasteiger charge is 2.30. The number of hydrogen-bond donors (Lipinski definition) is 1. The number of alkyl halides is 3. The number of guanidine groups is 1. The van der Waals surface area contributed by atoms with Crippen molar-refractivity contribution in [1.82, 2.24) is 10.2 Å². The minimum absolute atomic E-state index is 0. The number of likely N-dealkylation sites (tertiary alicyclic amines) is 1. The van der Waals surface area contributed by atoms with Crippen LogP contribution in [-0.2, 0) is 15.7 Å². The van der Waals surface area contributed by atoms with Crippen LogP contribution in [0.3, 0.4) is 0 Å². The number of piperidine rings is 1. The van der Waals surface area contributed by atoms with Crippen LogP contribution in [0.2, 0.25) is 0 Å². The average molecular weight is 543 g/mol. The lowest BCUT2D eigenvalue weighted by molar-refractivity contribution is -0.149. The molecule has 0 radical (unpaired) electrons. The van der Waals surface area contributed by atoms with Gasteiger partial charge in [0.25, 0.3) is 0 Å². The van der Waals surface area contributed by atoms with E-state index < -0.39 is 11.7 Å². The first-order valence-corrected chi connectivity index (χ1v) is 9.85. The van der Waals surface area contributed by atoms with Gasteiger partial charge in [0, 0.05) is 19.6 Å². The van der Waals surface area contributed by atoms with E-state index in [2.05, 4.69) is 15.2 Å². The van der Waals surface area contributed by atoms with E-state index in [0.29, 0.717) is 51.6 Å². The number of hydrogen-bond acceptors (Lipinski definition) is 4. The van der Waals surface area contributed by atoms with Crippen LogP contribution in [0.15, 0.2) is 29.3 Å². The number of aliphatic imine (C=N–C) groups is 1. The first-order chi connectivity index (χ1) is 13.8. The zero-order chi connectivity index (χ0) is 21.3. The molecule has 1 heterocycles. The molecule has 0 atom stereocenters. The van der Waals surface area contributed by atoms with E-state index in [1.165, 1.54) is 12.1 Å². The van der Waals surface area contributed by atoms with Crippen molar-refractivity contribution >= 4 is 35.9 Å². The third kappa shape index (κ3) is 8.19. The Balaban J connectivity index is 0.00000450. The molecule has 1 aliphatic heterocycles. The SMILES string of the molecule is CCNC(=NCCOc1cccc(C(F)(F)F)c1)N1CCC(C(=O)OCC)CC1.I. The molecule has 1 N–H and O–H groups in total. The van der Waals surface area contributed by atoms with Gasteiger partial charge in [-0.15, -0.1) is 24.0 Å². The van der Waals surface area contributed by atoms with Crippen molar-refractivity contribution in [3.05, 3.63) is 29.8 Å². The maximum atomic E-state index is 12.8. The van der Waals surface area contributed by atoms with E-state index in [1.807, 2.05) is 6.92 Å². The second-order valence-electron chi connectivity index (χ2n) is 6.62. The van der Waals surface area contributed by atoms with E-state index in [9.17, 15) is 18.0 Å². The van der Waals surface area contributed by atoms with Crippen LogP contribution in [-0.4, -0.2) is 56.2 Å². The summed E-state index contributed by atoms with van der Waals surface area (Å²) in [5, 5.41) is 3.20. The Labute approximate surface area is 192 Å². The molecule has 0 spiro atoms. The first kappa shape index (κ1) is 26.3. The summed E-state index contributed by atoms with van der Waals surface area (Å²) in [5.41, 5.74) is -0.740. The maximum Gasteiger partial charge on any atom is 0.416 e. The number of benzene rings is 1. The summed E-state index contributed by atoms with van der Waals surface area (Å²) in [7, 11) is 0. The predicted octanol–water partition coefficient (Wildman–Crippen LogP) is 3.94. The van der Waals surface area contributed by atoms with Crippen LogP contribution in [0, 0.1) is 5.92 Å². The number of rotatable bonds is 7. The van der Waals surface area contributed by atoms with Gasteiger partial charge in [-0.05, 0) is 44.9 Å². The van der Waals surface area contributed by atoms with E-state index in [0.717, 1.165) is 12.1 Å². The van der Waals surface area contributed by atoms with E-state index in [4.69, 9.17) is 9.47 Å². The highest BCUT2D eigenvalue weighted by Crippen LogP contribution is 2.31.